The molecule has 1 aromatic heterocycles. The molecular formula is C24H23N3O4. The van der Waals surface area contributed by atoms with Crippen molar-refractivity contribution in [3.8, 4) is 11.5 Å². The minimum absolute atomic E-state index is 0.119. The second-order valence-corrected chi connectivity index (χ2v) is 7.10. The van der Waals surface area contributed by atoms with Crippen LogP contribution in [0.15, 0.2) is 72.9 Å². The molecule has 0 unspecified atom stereocenters. The van der Waals surface area contributed by atoms with Crippen LogP contribution in [0.1, 0.15) is 24.5 Å². The van der Waals surface area contributed by atoms with Crippen LogP contribution in [-0.2, 0) is 9.59 Å². The molecule has 0 radical (unpaired) electrons. The number of carbonyl (C=O) groups is 2. The number of carbonyl (C=O) groups excluding carboxylic acids is 2. The van der Waals surface area contributed by atoms with Gasteiger partial charge in [0.15, 0.2) is 11.6 Å². The van der Waals surface area contributed by atoms with Gasteiger partial charge in [0.1, 0.15) is 5.75 Å². The molecule has 2 heterocycles. The monoisotopic (exact) mass is 417 g/mol. The third-order valence-electron chi connectivity index (χ3n) is 5.00. The van der Waals surface area contributed by atoms with Crippen molar-refractivity contribution in [2.45, 2.75) is 18.9 Å². The maximum absolute atomic E-state index is 13.2. The van der Waals surface area contributed by atoms with Gasteiger partial charge in [0, 0.05) is 30.4 Å². The van der Waals surface area contributed by atoms with Crippen molar-refractivity contribution in [2.75, 3.05) is 23.9 Å². The number of ether oxygens (including phenoxy) is 2. The zero-order valence-corrected chi connectivity index (χ0v) is 17.2. The molecule has 1 atom stereocenters. The second kappa shape index (κ2) is 9.30. The van der Waals surface area contributed by atoms with E-state index in [4.69, 9.17) is 9.47 Å². The number of hydrogen-bond acceptors (Lipinski definition) is 5. The molecule has 2 amide bonds. The first kappa shape index (κ1) is 20.4. The number of anilines is 2. The fraction of sp³-hybridized carbons (Fsp3) is 0.208. The van der Waals surface area contributed by atoms with Gasteiger partial charge in [-0.15, -0.1) is 0 Å². The number of nitrogens with one attached hydrogen (secondary N) is 1. The smallest absolute Gasteiger partial charge is 0.274 e. The highest BCUT2D eigenvalue weighted by Gasteiger charge is 2.36. The van der Waals surface area contributed by atoms with Crippen molar-refractivity contribution in [1.82, 2.24) is 4.98 Å². The molecule has 7 nitrogen and oxygen atoms in total. The molecule has 0 bridgehead atoms. The fourth-order valence-electron chi connectivity index (χ4n) is 3.45. The summed E-state index contributed by atoms with van der Waals surface area (Å²) in [6, 6.07) is 20.1. The van der Waals surface area contributed by atoms with E-state index in [1.54, 1.807) is 54.6 Å². The fourth-order valence-corrected chi connectivity index (χ4v) is 3.45. The number of pyridine rings is 1. The Labute approximate surface area is 180 Å². The van der Waals surface area contributed by atoms with E-state index in [0.717, 1.165) is 11.3 Å². The van der Waals surface area contributed by atoms with Crippen molar-refractivity contribution in [1.29, 1.82) is 0 Å². The molecular weight excluding hydrogens is 394 g/mol. The van der Waals surface area contributed by atoms with E-state index >= 15 is 0 Å². The van der Waals surface area contributed by atoms with Crippen molar-refractivity contribution < 1.29 is 19.1 Å². The van der Waals surface area contributed by atoms with Gasteiger partial charge < -0.3 is 14.8 Å². The standard InChI is InChI=1S/C24H23N3O4/c1-30-19-13-11-18(12-14-19)26-21(28)10-6-16-27-23-20(9-5-15-25-23)31-22(24(27)29)17-7-3-2-4-8-17/h2-5,7-9,11-15,22H,6,10,16H2,1H3,(H,26,28)/t22-/m1/s1. The Morgan fingerprint density at radius 2 is 1.87 bits per heavy atom. The van der Waals surface area contributed by atoms with Crippen molar-refractivity contribution in [2.24, 2.45) is 0 Å². The summed E-state index contributed by atoms with van der Waals surface area (Å²) in [5.74, 6) is 1.46. The summed E-state index contributed by atoms with van der Waals surface area (Å²) in [4.78, 5) is 31.4. The average molecular weight is 417 g/mol. The van der Waals surface area contributed by atoms with E-state index < -0.39 is 6.10 Å². The summed E-state index contributed by atoms with van der Waals surface area (Å²) in [6.07, 6.45) is 1.66. The molecule has 1 aliphatic heterocycles. The highest BCUT2D eigenvalue weighted by molar-refractivity contribution is 5.99. The van der Waals surface area contributed by atoms with E-state index in [-0.39, 0.29) is 18.2 Å². The summed E-state index contributed by atoms with van der Waals surface area (Å²) >= 11 is 0. The van der Waals surface area contributed by atoms with E-state index in [9.17, 15) is 9.59 Å². The Balaban J connectivity index is 1.41. The Morgan fingerprint density at radius 1 is 1.10 bits per heavy atom. The lowest BCUT2D eigenvalue weighted by molar-refractivity contribution is -0.127. The minimum atomic E-state index is -0.731. The van der Waals surface area contributed by atoms with Gasteiger partial charge in [0.25, 0.3) is 5.91 Å². The van der Waals surface area contributed by atoms with Gasteiger partial charge in [-0.2, -0.15) is 0 Å². The van der Waals surface area contributed by atoms with E-state index in [1.807, 2.05) is 30.3 Å². The van der Waals surface area contributed by atoms with E-state index in [0.29, 0.717) is 30.2 Å². The van der Waals surface area contributed by atoms with Crippen LogP contribution in [-0.4, -0.2) is 30.5 Å². The highest BCUT2D eigenvalue weighted by Crippen LogP contribution is 2.37. The van der Waals surface area contributed by atoms with Gasteiger partial charge in [-0.25, -0.2) is 4.98 Å². The van der Waals surface area contributed by atoms with Crippen LogP contribution in [0.25, 0.3) is 0 Å². The normalized spacial score (nSPS) is 15.1. The van der Waals surface area contributed by atoms with Crippen LogP contribution >= 0.6 is 0 Å². The summed E-state index contributed by atoms with van der Waals surface area (Å²) in [5, 5.41) is 2.86. The summed E-state index contributed by atoms with van der Waals surface area (Å²) in [7, 11) is 1.59. The lowest BCUT2D eigenvalue weighted by Gasteiger charge is -2.33. The maximum atomic E-state index is 13.2. The number of nitrogens with zero attached hydrogens (tertiary/aromatic N) is 2. The molecule has 0 aliphatic carbocycles. The predicted molar refractivity (Wildman–Crippen MR) is 117 cm³/mol. The van der Waals surface area contributed by atoms with Crippen LogP contribution in [0, 0.1) is 0 Å². The molecule has 0 fully saturated rings. The van der Waals surface area contributed by atoms with Gasteiger partial charge in [-0.05, 0) is 42.8 Å². The van der Waals surface area contributed by atoms with Crippen LogP contribution in [0.3, 0.4) is 0 Å². The molecule has 158 valence electrons. The quantitative estimate of drug-likeness (QED) is 0.629. The summed E-state index contributed by atoms with van der Waals surface area (Å²) < 4.78 is 11.1. The predicted octanol–water partition coefficient (Wildman–Crippen LogP) is 3.98. The molecule has 4 rings (SSSR count). The zero-order chi connectivity index (χ0) is 21.6. The second-order valence-electron chi connectivity index (χ2n) is 7.10. The van der Waals surface area contributed by atoms with Crippen molar-refractivity contribution in [3.63, 3.8) is 0 Å². The number of rotatable bonds is 7. The molecule has 0 spiro atoms. The topological polar surface area (TPSA) is 80.8 Å². The lowest BCUT2D eigenvalue weighted by atomic mass is 10.1. The number of fused-ring (bicyclic) bond motifs is 1. The van der Waals surface area contributed by atoms with Crippen molar-refractivity contribution >= 4 is 23.3 Å². The summed E-state index contributed by atoms with van der Waals surface area (Å²) in [6.45, 7) is 0.367. The lowest BCUT2D eigenvalue weighted by Crippen LogP contribution is -2.42. The number of methoxy groups -OCH3 is 1. The molecule has 1 N–H and O–H groups in total. The highest BCUT2D eigenvalue weighted by atomic mass is 16.5. The Hall–Kier alpha value is -3.87. The maximum Gasteiger partial charge on any atom is 0.274 e. The van der Waals surface area contributed by atoms with Crippen LogP contribution < -0.4 is 19.7 Å². The number of amides is 2. The van der Waals surface area contributed by atoms with Crippen LogP contribution in [0.2, 0.25) is 0 Å². The number of hydrogen-bond donors (Lipinski definition) is 1. The van der Waals surface area contributed by atoms with Crippen molar-refractivity contribution in [3.05, 3.63) is 78.5 Å². The molecule has 1 aliphatic rings. The molecule has 2 aromatic carbocycles. The summed E-state index contributed by atoms with van der Waals surface area (Å²) in [5.41, 5.74) is 1.48. The number of aromatic nitrogens is 1. The zero-order valence-electron chi connectivity index (χ0n) is 17.2. The Bertz CT molecular complexity index is 1050. The van der Waals surface area contributed by atoms with Gasteiger partial charge in [0.05, 0.1) is 7.11 Å². The van der Waals surface area contributed by atoms with Gasteiger partial charge >= 0.3 is 0 Å². The first-order chi connectivity index (χ1) is 15.2. The average Bonchev–Trinajstić information content (AvgIpc) is 2.81. The van der Waals surface area contributed by atoms with Gasteiger partial charge in [0.2, 0.25) is 12.0 Å². The molecule has 0 saturated heterocycles. The van der Waals surface area contributed by atoms with Gasteiger partial charge in [-0.3, -0.25) is 14.5 Å². The molecule has 3 aromatic rings. The number of benzene rings is 2. The SMILES string of the molecule is COc1ccc(NC(=O)CCCN2C(=O)[C@@H](c3ccccc3)Oc3cccnc32)cc1. The van der Waals surface area contributed by atoms with Gasteiger partial charge in [-0.1, -0.05) is 30.3 Å². The van der Waals surface area contributed by atoms with E-state index in [2.05, 4.69) is 10.3 Å². The first-order valence-corrected chi connectivity index (χ1v) is 10.1. The minimum Gasteiger partial charge on any atom is -0.497 e. The Morgan fingerprint density at radius 3 is 2.61 bits per heavy atom. The third-order valence-corrected chi connectivity index (χ3v) is 5.00. The van der Waals surface area contributed by atoms with Crippen LogP contribution in [0.5, 0.6) is 11.5 Å². The first-order valence-electron chi connectivity index (χ1n) is 10.1. The van der Waals surface area contributed by atoms with E-state index in [1.165, 1.54) is 0 Å². The molecule has 7 heteroatoms. The Kier molecular flexibility index (Phi) is 6.12. The molecule has 0 saturated carbocycles. The van der Waals surface area contributed by atoms with Crippen LogP contribution in [0.4, 0.5) is 11.5 Å². The largest absolute Gasteiger partial charge is 0.497 e. The third kappa shape index (κ3) is 4.66. The molecule has 31 heavy (non-hydrogen) atoms.